The van der Waals surface area contributed by atoms with Crippen LogP contribution in [0.15, 0.2) is 18.2 Å². The van der Waals surface area contributed by atoms with E-state index in [0.717, 1.165) is 31.5 Å². The zero-order valence-electron chi connectivity index (χ0n) is 10.2. The van der Waals surface area contributed by atoms with Crippen LogP contribution in [0.4, 0.5) is 0 Å². The second-order valence-electron chi connectivity index (χ2n) is 4.75. The molecule has 0 amide bonds. The van der Waals surface area contributed by atoms with Gasteiger partial charge in [-0.05, 0) is 31.0 Å². The first-order valence-electron chi connectivity index (χ1n) is 6.09. The average molecular weight is 268 g/mol. The molecule has 0 bridgehead atoms. The van der Waals surface area contributed by atoms with E-state index in [1.165, 1.54) is 0 Å². The predicted octanol–water partition coefficient (Wildman–Crippen LogP) is 1.58. The van der Waals surface area contributed by atoms with Gasteiger partial charge in [0.05, 0.1) is 6.10 Å². The number of aliphatic hydroxyl groups excluding tert-OH is 1. The third-order valence-electron chi connectivity index (χ3n) is 3.24. The lowest BCUT2D eigenvalue weighted by Crippen LogP contribution is -2.37. The molecule has 1 atom stereocenters. The summed E-state index contributed by atoms with van der Waals surface area (Å²) in [5.41, 5.74) is 7.07. The van der Waals surface area contributed by atoms with Crippen LogP contribution in [0.25, 0.3) is 0 Å². The first-order chi connectivity index (χ1) is 8.56. The molecule has 1 aliphatic rings. The van der Waals surface area contributed by atoms with Crippen molar-refractivity contribution in [3.8, 4) is 0 Å². The van der Waals surface area contributed by atoms with Gasteiger partial charge in [-0.15, -0.1) is 0 Å². The molecule has 2 rings (SSSR count). The van der Waals surface area contributed by atoms with Crippen LogP contribution < -0.4 is 5.73 Å². The topological polar surface area (TPSA) is 73.3 Å². The number of nitrogens with two attached hydrogens (primary N) is 1. The molecule has 4 N–H and O–H groups in total. The molecule has 0 aliphatic carbocycles. The lowest BCUT2D eigenvalue weighted by Gasteiger charge is -2.30. The van der Waals surface area contributed by atoms with Crippen molar-refractivity contribution >= 4 is 17.4 Å². The number of hydrogen-bond donors (Lipinski definition) is 3. The normalized spacial score (nSPS) is 20.9. The number of nitrogen functional groups attached to an aromatic ring is 1. The van der Waals surface area contributed by atoms with E-state index in [2.05, 4.69) is 4.90 Å². The number of likely N-dealkylation sites (tertiary alicyclic amines) is 1. The van der Waals surface area contributed by atoms with Crippen LogP contribution in [0.5, 0.6) is 0 Å². The monoisotopic (exact) mass is 267 g/mol. The Bertz CT molecular complexity index is 450. The second-order valence-corrected chi connectivity index (χ2v) is 5.16. The van der Waals surface area contributed by atoms with Gasteiger partial charge < -0.3 is 10.8 Å². The van der Waals surface area contributed by atoms with Crippen LogP contribution in [0.1, 0.15) is 24.0 Å². The number of hydrogen-bond acceptors (Lipinski definition) is 3. The maximum Gasteiger partial charge on any atom is 0.122 e. The minimum absolute atomic E-state index is 0.0249. The number of halogens is 1. The Morgan fingerprint density at radius 3 is 2.94 bits per heavy atom. The molecule has 0 spiro atoms. The van der Waals surface area contributed by atoms with E-state index in [0.29, 0.717) is 17.1 Å². The fourth-order valence-electron chi connectivity index (χ4n) is 2.26. The molecule has 0 aromatic heterocycles. The summed E-state index contributed by atoms with van der Waals surface area (Å²) in [6, 6.07) is 5.43. The zero-order chi connectivity index (χ0) is 13.1. The van der Waals surface area contributed by atoms with Crippen molar-refractivity contribution in [1.29, 1.82) is 5.41 Å². The summed E-state index contributed by atoms with van der Waals surface area (Å²) in [5, 5.41) is 17.6. The number of benzene rings is 1. The molecular formula is C13H18ClN3O. The van der Waals surface area contributed by atoms with E-state index in [4.69, 9.17) is 22.7 Å². The van der Waals surface area contributed by atoms with E-state index in [-0.39, 0.29) is 11.9 Å². The van der Waals surface area contributed by atoms with Crippen LogP contribution in [-0.2, 0) is 6.54 Å². The molecule has 0 saturated carbocycles. The number of rotatable bonds is 3. The van der Waals surface area contributed by atoms with Gasteiger partial charge in [0.1, 0.15) is 5.84 Å². The van der Waals surface area contributed by atoms with Gasteiger partial charge in [0, 0.05) is 23.7 Å². The summed E-state index contributed by atoms with van der Waals surface area (Å²) < 4.78 is 0. The molecular weight excluding hydrogens is 250 g/mol. The minimum atomic E-state index is -0.228. The van der Waals surface area contributed by atoms with Crippen molar-refractivity contribution < 1.29 is 5.11 Å². The van der Waals surface area contributed by atoms with Crippen molar-refractivity contribution in [2.45, 2.75) is 25.5 Å². The highest BCUT2D eigenvalue weighted by Crippen LogP contribution is 2.21. The Balaban J connectivity index is 2.07. The SMILES string of the molecule is N=C(N)c1ccc(CN2CCCC(O)C2)c(Cl)c1. The molecule has 1 aromatic rings. The Morgan fingerprint density at radius 2 is 2.33 bits per heavy atom. The van der Waals surface area contributed by atoms with Gasteiger partial charge in [-0.2, -0.15) is 0 Å². The fourth-order valence-corrected chi connectivity index (χ4v) is 2.50. The highest BCUT2D eigenvalue weighted by Gasteiger charge is 2.18. The number of nitrogens with zero attached hydrogens (tertiary/aromatic N) is 1. The summed E-state index contributed by atoms with van der Waals surface area (Å²) in [6.45, 7) is 2.42. The molecule has 1 unspecified atom stereocenters. The number of β-amino-alcohol motifs (C(OH)–C–C–N with tert-alkyl or cyclic N) is 1. The largest absolute Gasteiger partial charge is 0.392 e. The quantitative estimate of drug-likeness (QED) is 0.575. The minimum Gasteiger partial charge on any atom is -0.392 e. The van der Waals surface area contributed by atoms with Crippen LogP contribution in [-0.4, -0.2) is 35.0 Å². The molecule has 1 saturated heterocycles. The molecule has 1 aliphatic heterocycles. The second kappa shape index (κ2) is 5.69. The molecule has 5 heteroatoms. The van der Waals surface area contributed by atoms with Gasteiger partial charge in [0.15, 0.2) is 0 Å². The number of piperidine rings is 1. The molecule has 1 aromatic carbocycles. The Morgan fingerprint density at radius 1 is 1.56 bits per heavy atom. The number of amidine groups is 1. The fraction of sp³-hybridized carbons (Fsp3) is 0.462. The van der Waals surface area contributed by atoms with Crippen LogP contribution in [0.2, 0.25) is 5.02 Å². The Labute approximate surface area is 112 Å². The highest BCUT2D eigenvalue weighted by molar-refractivity contribution is 6.31. The van der Waals surface area contributed by atoms with Gasteiger partial charge in [0.25, 0.3) is 0 Å². The summed E-state index contributed by atoms with van der Waals surface area (Å²) in [4.78, 5) is 2.20. The van der Waals surface area contributed by atoms with Gasteiger partial charge in [0.2, 0.25) is 0 Å². The molecule has 0 radical (unpaired) electrons. The van der Waals surface area contributed by atoms with Gasteiger partial charge in [-0.3, -0.25) is 10.3 Å². The standard InChI is InChI=1S/C13H18ClN3O/c14-12-6-9(13(15)16)3-4-10(12)7-17-5-1-2-11(18)8-17/h3-4,6,11,18H,1-2,5,7-8H2,(H3,15,16). The highest BCUT2D eigenvalue weighted by atomic mass is 35.5. The van der Waals surface area contributed by atoms with E-state index in [1.807, 2.05) is 12.1 Å². The van der Waals surface area contributed by atoms with Crippen molar-refractivity contribution in [3.63, 3.8) is 0 Å². The maximum absolute atomic E-state index is 9.62. The first-order valence-corrected chi connectivity index (χ1v) is 6.47. The third kappa shape index (κ3) is 3.22. The van der Waals surface area contributed by atoms with Crippen molar-refractivity contribution in [2.24, 2.45) is 5.73 Å². The van der Waals surface area contributed by atoms with E-state index < -0.39 is 0 Å². The van der Waals surface area contributed by atoms with Gasteiger partial charge >= 0.3 is 0 Å². The third-order valence-corrected chi connectivity index (χ3v) is 3.59. The van der Waals surface area contributed by atoms with Crippen LogP contribution >= 0.6 is 11.6 Å². The summed E-state index contributed by atoms with van der Waals surface area (Å²) in [5.74, 6) is 0.0249. The Hall–Kier alpha value is -1.10. The van der Waals surface area contributed by atoms with Gasteiger partial charge in [-0.25, -0.2) is 0 Å². The number of nitrogens with one attached hydrogen (secondary N) is 1. The zero-order valence-corrected chi connectivity index (χ0v) is 11.0. The molecule has 4 nitrogen and oxygen atoms in total. The maximum atomic E-state index is 9.62. The Kier molecular flexibility index (Phi) is 4.22. The van der Waals surface area contributed by atoms with Crippen molar-refractivity contribution in [1.82, 2.24) is 4.90 Å². The van der Waals surface area contributed by atoms with E-state index in [9.17, 15) is 5.11 Å². The average Bonchev–Trinajstić information content (AvgIpc) is 2.31. The predicted molar refractivity (Wildman–Crippen MR) is 73.0 cm³/mol. The van der Waals surface area contributed by atoms with Gasteiger partial charge in [-0.1, -0.05) is 23.7 Å². The lowest BCUT2D eigenvalue weighted by atomic mass is 10.1. The van der Waals surface area contributed by atoms with Crippen LogP contribution in [0.3, 0.4) is 0 Å². The number of aliphatic hydroxyl groups is 1. The lowest BCUT2D eigenvalue weighted by molar-refractivity contribution is 0.0668. The molecule has 1 heterocycles. The smallest absolute Gasteiger partial charge is 0.122 e. The summed E-state index contributed by atoms with van der Waals surface area (Å²) >= 11 is 6.19. The van der Waals surface area contributed by atoms with Crippen LogP contribution in [0, 0.1) is 5.41 Å². The molecule has 1 fully saturated rings. The van der Waals surface area contributed by atoms with Crippen molar-refractivity contribution in [3.05, 3.63) is 34.3 Å². The van der Waals surface area contributed by atoms with Crippen molar-refractivity contribution in [2.75, 3.05) is 13.1 Å². The molecule has 18 heavy (non-hydrogen) atoms. The molecule has 98 valence electrons. The summed E-state index contributed by atoms with van der Waals surface area (Å²) in [6.07, 6.45) is 1.67. The van der Waals surface area contributed by atoms with E-state index >= 15 is 0 Å². The first kappa shape index (κ1) is 13.3. The van der Waals surface area contributed by atoms with E-state index in [1.54, 1.807) is 6.07 Å². The summed E-state index contributed by atoms with van der Waals surface area (Å²) in [7, 11) is 0.